The number of aryl methyl sites for hydroxylation is 2. The minimum atomic E-state index is -0.126. The molecule has 0 saturated heterocycles. The first-order chi connectivity index (χ1) is 12.6. The summed E-state index contributed by atoms with van der Waals surface area (Å²) < 4.78 is 5.45. The summed E-state index contributed by atoms with van der Waals surface area (Å²) in [5, 5.41) is 0. The first-order valence-corrected chi connectivity index (χ1v) is 10.9. The Morgan fingerprint density at radius 1 is 1.00 bits per heavy atom. The fourth-order valence-corrected chi connectivity index (χ4v) is 4.22. The van der Waals surface area contributed by atoms with Gasteiger partial charge in [-0.15, -0.1) is 0 Å². The minimum Gasteiger partial charge on any atom is -0.426 e. The number of rotatable bonds is 10. The fourth-order valence-electron chi connectivity index (χ4n) is 4.22. The van der Waals surface area contributed by atoms with E-state index < -0.39 is 0 Å². The molecule has 0 amide bonds. The third kappa shape index (κ3) is 7.13. The number of hydrogen-bond acceptors (Lipinski definition) is 2. The fraction of sp³-hybridized carbons (Fsp3) is 0.708. The Morgan fingerprint density at radius 2 is 1.69 bits per heavy atom. The van der Waals surface area contributed by atoms with E-state index in [2.05, 4.69) is 19.1 Å². The molecule has 2 heteroatoms. The van der Waals surface area contributed by atoms with Crippen LogP contribution in [-0.2, 0) is 11.2 Å². The normalized spacial score (nSPS) is 20.1. The van der Waals surface area contributed by atoms with Crippen LogP contribution in [0.5, 0.6) is 5.75 Å². The van der Waals surface area contributed by atoms with Crippen LogP contribution in [0.3, 0.4) is 0 Å². The van der Waals surface area contributed by atoms with E-state index in [1.807, 2.05) is 19.9 Å². The van der Waals surface area contributed by atoms with Crippen molar-refractivity contribution in [2.24, 2.45) is 11.8 Å². The van der Waals surface area contributed by atoms with Crippen LogP contribution in [0.15, 0.2) is 18.2 Å². The zero-order valence-corrected chi connectivity index (χ0v) is 17.2. The van der Waals surface area contributed by atoms with Crippen LogP contribution in [-0.4, -0.2) is 5.97 Å². The molecule has 1 aromatic rings. The molecule has 1 aromatic carbocycles. The van der Waals surface area contributed by atoms with E-state index in [9.17, 15) is 4.79 Å². The van der Waals surface area contributed by atoms with Crippen molar-refractivity contribution in [1.29, 1.82) is 0 Å². The van der Waals surface area contributed by atoms with Gasteiger partial charge in [-0.05, 0) is 55.2 Å². The highest BCUT2D eigenvalue weighted by Gasteiger charge is 2.20. The quantitative estimate of drug-likeness (QED) is 0.255. The number of carbonyl (C=O) groups is 1. The van der Waals surface area contributed by atoms with Crippen molar-refractivity contribution in [2.75, 3.05) is 0 Å². The molecule has 2 rings (SSSR count). The third-order valence-corrected chi connectivity index (χ3v) is 5.94. The second-order valence-electron chi connectivity index (χ2n) is 8.25. The van der Waals surface area contributed by atoms with Gasteiger partial charge in [-0.1, -0.05) is 77.3 Å². The van der Waals surface area contributed by atoms with Crippen LogP contribution in [0, 0.1) is 18.8 Å². The van der Waals surface area contributed by atoms with Gasteiger partial charge in [0.05, 0.1) is 0 Å². The Bertz CT molecular complexity index is 541. The molecule has 1 fully saturated rings. The summed E-state index contributed by atoms with van der Waals surface area (Å²) in [7, 11) is 0. The van der Waals surface area contributed by atoms with Crippen molar-refractivity contribution in [1.82, 2.24) is 0 Å². The summed E-state index contributed by atoms with van der Waals surface area (Å²) >= 11 is 0. The highest BCUT2D eigenvalue weighted by molar-refractivity contribution is 5.72. The first-order valence-electron chi connectivity index (χ1n) is 10.9. The Balaban J connectivity index is 1.73. The smallest absolute Gasteiger partial charge is 0.311 e. The van der Waals surface area contributed by atoms with Crippen LogP contribution in [0.25, 0.3) is 0 Å². The molecular weight excluding hydrogens is 320 g/mol. The Hall–Kier alpha value is -1.31. The van der Waals surface area contributed by atoms with Crippen LogP contribution >= 0.6 is 0 Å². The molecule has 0 atom stereocenters. The molecule has 0 aliphatic heterocycles. The molecule has 0 heterocycles. The van der Waals surface area contributed by atoms with Gasteiger partial charge in [-0.3, -0.25) is 4.79 Å². The lowest BCUT2D eigenvalue weighted by atomic mass is 9.78. The Morgan fingerprint density at radius 3 is 2.31 bits per heavy atom. The average molecular weight is 359 g/mol. The summed E-state index contributed by atoms with van der Waals surface area (Å²) in [6, 6.07) is 6.31. The maximum atomic E-state index is 11.7. The van der Waals surface area contributed by atoms with Crippen LogP contribution < -0.4 is 4.74 Å². The lowest BCUT2D eigenvalue weighted by Crippen LogP contribution is -2.15. The summed E-state index contributed by atoms with van der Waals surface area (Å²) in [6.45, 7) is 6.33. The number of hydrogen-bond donors (Lipinski definition) is 0. The van der Waals surface area contributed by atoms with E-state index in [0.717, 1.165) is 36.0 Å². The highest BCUT2D eigenvalue weighted by Crippen LogP contribution is 2.34. The van der Waals surface area contributed by atoms with Crippen molar-refractivity contribution in [3.05, 3.63) is 29.3 Å². The van der Waals surface area contributed by atoms with Crippen LogP contribution in [0.4, 0.5) is 0 Å². The van der Waals surface area contributed by atoms with Gasteiger partial charge in [0.2, 0.25) is 0 Å². The third-order valence-electron chi connectivity index (χ3n) is 5.94. The second-order valence-corrected chi connectivity index (χ2v) is 8.25. The summed E-state index contributed by atoms with van der Waals surface area (Å²) in [6.07, 6.45) is 15.1. The van der Waals surface area contributed by atoms with E-state index in [-0.39, 0.29) is 5.97 Å². The summed E-state index contributed by atoms with van der Waals surface area (Å²) in [4.78, 5) is 11.7. The zero-order valence-electron chi connectivity index (χ0n) is 17.2. The lowest BCUT2D eigenvalue weighted by molar-refractivity contribution is -0.134. The maximum Gasteiger partial charge on any atom is 0.311 e. The molecular formula is C24H38O2. The number of esters is 1. The van der Waals surface area contributed by atoms with E-state index in [4.69, 9.17) is 4.74 Å². The molecule has 1 aliphatic carbocycles. The SMILES string of the molecule is CCCCC[C@H]1CC[C@H](CCc2ccc(OC(=O)CCC)c(C)c2)CC1. The van der Waals surface area contributed by atoms with Crippen molar-refractivity contribution < 1.29 is 9.53 Å². The van der Waals surface area contributed by atoms with Gasteiger partial charge in [0, 0.05) is 6.42 Å². The molecule has 2 nitrogen and oxygen atoms in total. The van der Waals surface area contributed by atoms with Crippen LogP contribution in [0.1, 0.15) is 95.6 Å². The zero-order chi connectivity index (χ0) is 18.8. The molecule has 0 radical (unpaired) electrons. The van der Waals surface area contributed by atoms with Gasteiger partial charge in [0.25, 0.3) is 0 Å². The van der Waals surface area contributed by atoms with Crippen LogP contribution in [0.2, 0.25) is 0 Å². The molecule has 0 bridgehead atoms. The predicted octanol–water partition coefficient (Wildman–Crippen LogP) is 7.02. The molecule has 0 unspecified atom stereocenters. The van der Waals surface area contributed by atoms with Crippen molar-refractivity contribution >= 4 is 5.97 Å². The molecule has 0 N–H and O–H groups in total. The molecule has 26 heavy (non-hydrogen) atoms. The number of benzene rings is 1. The van der Waals surface area contributed by atoms with Gasteiger partial charge in [0.15, 0.2) is 0 Å². The van der Waals surface area contributed by atoms with Crippen molar-refractivity contribution in [3.63, 3.8) is 0 Å². The molecule has 146 valence electrons. The number of ether oxygens (including phenoxy) is 1. The predicted molar refractivity (Wildman–Crippen MR) is 110 cm³/mol. The Labute approximate surface area is 160 Å². The topological polar surface area (TPSA) is 26.3 Å². The second kappa shape index (κ2) is 11.4. The Kier molecular flexibility index (Phi) is 9.22. The van der Waals surface area contributed by atoms with E-state index in [1.54, 1.807) is 0 Å². The number of carbonyl (C=O) groups excluding carboxylic acids is 1. The van der Waals surface area contributed by atoms with Crippen molar-refractivity contribution in [3.8, 4) is 5.75 Å². The van der Waals surface area contributed by atoms with Gasteiger partial charge in [0.1, 0.15) is 5.75 Å². The monoisotopic (exact) mass is 358 g/mol. The van der Waals surface area contributed by atoms with Gasteiger partial charge >= 0.3 is 5.97 Å². The molecule has 0 spiro atoms. The molecule has 0 aromatic heterocycles. The average Bonchev–Trinajstić information content (AvgIpc) is 2.63. The maximum absolute atomic E-state index is 11.7. The van der Waals surface area contributed by atoms with Gasteiger partial charge < -0.3 is 4.74 Å². The van der Waals surface area contributed by atoms with Gasteiger partial charge in [-0.25, -0.2) is 0 Å². The van der Waals surface area contributed by atoms with Crippen molar-refractivity contribution in [2.45, 2.75) is 97.8 Å². The van der Waals surface area contributed by atoms with Gasteiger partial charge in [-0.2, -0.15) is 0 Å². The van der Waals surface area contributed by atoms with E-state index in [1.165, 1.54) is 63.4 Å². The lowest BCUT2D eigenvalue weighted by Gasteiger charge is -2.28. The summed E-state index contributed by atoms with van der Waals surface area (Å²) in [5.74, 6) is 2.50. The standard InChI is InChI=1S/C24H38O2/c1-4-6-7-9-20-10-12-21(13-11-20)14-15-22-16-17-23(19(3)18-22)26-24(25)8-5-2/h16-18,20-21H,4-15H2,1-3H3/t20-,21-. The first kappa shape index (κ1) is 21.0. The van der Waals surface area contributed by atoms with E-state index in [0.29, 0.717) is 6.42 Å². The molecule has 1 aliphatic rings. The van der Waals surface area contributed by atoms with E-state index >= 15 is 0 Å². The number of unbranched alkanes of at least 4 members (excludes halogenated alkanes) is 2. The summed E-state index contributed by atoms with van der Waals surface area (Å²) in [5.41, 5.74) is 2.45. The minimum absolute atomic E-state index is 0.126. The molecule has 1 saturated carbocycles. The highest BCUT2D eigenvalue weighted by atomic mass is 16.5. The largest absolute Gasteiger partial charge is 0.426 e.